The number of carbonyl (C=O) groups excluding carboxylic acids is 1. The minimum absolute atomic E-state index is 0.0746. The molecule has 1 saturated carbocycles. The highest BCUT2D eigenvalue weighted by molar-refractivity contribution is 6.00. The Morgan fingerprint density at radius 3 is 2.71 bits per heavy atom. The van der Waals surface area contributed by atoms with Gasteiger partial charge in [0, 0.05) is 0 Å². The first-order valence-corrected chi connectivity index (χ1v) is 7.36. The van der Waals surface area contributed by atoms with E-state index in [1.54, 1.807) is 13.0 Å². The van der Waals surface area contributed by atoms with E-state index in [-0.39, 0.29) is 11.7 Å². The SMILES string of the molecule is CCC1CCC(NC(=O)c2coc(C)c2)(C(N)=NO)CC1. The molecule has 1 aliphatic carbocycles. The second kappa shape index (κ2) is 6.20. The van der Waals surface area contributed by atoms with Gasteiger partial charge in [0.1, 0.15) is 17.6 Å². The fourth-order valence-electron chi connectivity index (χ4n) is 2.97. The van der Waals surface area contributed by atoms with Gasteiger partial charge in [-0.05, 0) is 44.6 Å². The van der Waals surface area contributed by atoms with Gasteiger partial charge in [-0.1, -0.05) is 18.5 Å². The highest BCUT2D eigenvalue weighted by atomic mass is 16.4. The first kappa shape index (κ1) is 15.4. The third-order valence-electron chi connectivity index (χ3n) is 4.48. The van der Waals surface area contributed by atoms with E-state index in [1.165, 1.54) is 6.26 Å². The van der Waals surface area contributed by atoms with Crippen LogP contribution in [0.5, 0.6) is 0 Å². The molecule has 6 heteroatoms. The Morgan fingerprint density at radius 1 is 1.57 bits per heavy atom. The molecule has 1 fully saturated rings. The van der Waals surface area contributed by atoms with Gasteiger partial charge < -0.3 is 20.7 Å². The Labute approximate surface area is 124 Å². The van der Waals surface area contributed by atoms with Crippen LogP contribution in [0.15, 0.2) is 21.9 Å². The molecule has 1 aromatic rings. The zero-order chi connectivity index (χ0) is 15.5. The smallest absolute Gasteiger partial charge is 0.255 e. The number of aryl methyl sites for hydroxylation is 1. The van der Waals surface area contributed by atoms with Gasteiger partial charge in [-0.25, -0.2) is 0 Å². The number of carbonyl (C=O) groups is 1. The molecule has 0 aromatic carbocycles. The molecule has 0 saturated heterocycles. The minimum atomic E-state index is -0.761. The van der Waals surface area contributed by atoms with Crippen LogP contribution in [-0.4, -0.2) is 22.5 Å². The van der Waals surface area contributed by atoms with Gasteiger partial charge >= 0.3 is 0 Å². The second-order valence-corrected chi connectivity index (χ2v) is 5.82. The summed E-state index contributed by atoms with van der Waals surface area (Å²) in [4.78, 5) is 12.3. The van der Waals surface area contributed by atoms with E-state index >= 15 is 0 Å². The molecule has 2 rings (SSSR count). The molecule has 1 aliphatic rings. The maximum atomic E-state index is 12.3. The Kier molecular flexibility index (Phi) is 4.55. The third kappa shape index (κ3) is 3.20. The van der Waals surface area contributed by atoms with Crippen LogP contribution in [0.1, 0.15) is 55.1 Å². The summed E-state index contributed by atoms with van der Waals surface area (Å²) in [6.07, 6.45) is 5.81. The lowest BCUT2D eigenvalue weighted by molar-refractivity contribution is 0.0894. The zero-order valence-electron chi connectivity index (χ0n) is 12.6. The summed E-state index contributed by atoms with van der Waals surface area (Å²) in [5.41, 5.74) is 5.56. The normalized spacial score (nSPS) is 26.6. The van der Waals surface area contributed by atoms with Crippen molar-refractivity contribution in [3.63, 3.8) is 0 Å². The Morgan fingerprint density at radius 2 is 2.24 bits per heavy atom. The summed E-state index contributed by atoms with van der Waals surface area (Å²) in [5, 5.41) is 15.1. The summed E-state index contributed by atoms with van der Waals surface area (Å²) < 4.78 is 5.16. The van der Waals surface area contributed by atoms with E-state index in [1.807, 2.05) is 0 Å². The van der Waals surface area contributed by atoms with Crippen molar-refractivity contribution in [2.45, 2.75) is 51.5 Å². The Hall–Kier alpha value is -1.98. The van der Waals surface area contributed by atoms with Gasteiger partial charge in [0.15, 0.2) is 5.84 Å². The number of nitrogens with one attached hydrogen (secondary N) is 1. The van der Waals surface area contributed by atoms with Crippen LogP contribution in [0.2, 0.25) is 0 Å². The molecule has 0 spiro atoms. The second-order valence-electron chi connectivity index (χ2n) is 5.82. The molecule has 0 atom stereocenters. The lowest BCUT2D eigenvalue weighted by atomic mass is 9.74. The maximum Gasteiger partial charge on any atom is 0.255 e. The predicted molar refractivity (Wildman–Crippen MR) is 79.3 cm³/mol. The Balaban J connectivity index is 2.16. The maximum absolute atomic E-state index is 12.3. The van der Waals surface area contributed by atoms with E-state index in [0.717, 1.165) is 19.3 Å². The van der Waals surface area contributed by atoms with Crippen molar-refractivity contribution in [1.29, 1.82) is 0 Å². The van der Waals surface area contributed by atoms with E-state index in [0.29, 0.717) is 30.1 Å². The fraction of sp³-hybridized carbons (Fsp3) is 0.600. The average molecular weight is 293 g/mol. The number of furan rings is 1. The lowest BCUT2D eigenvalue weighted by Crippen LogP contribution is -2.59. The molecule has 0 radical (unpaired) electrons. The molecule has 6 nitrogen and oxygen atoms in total. The van der Waals surface area contributed by atoms with Gasteiger partial charge in [-0.3, -0.25) is 4.79 Å². The van der Waals surface area contributed by atoms with Crippen LogP contribution >= 0.6 is 0 Å². The van der Waals surface area contributed by atoms with Gasteiger partial charge in [0.25, 0.3) is 5.91 Å². The van der Waals surface area contributed by atoms with Crippen LogP contribution in [0, 0.1) is 12.8 Å². The summed E-state index contributed by atoms with van der Waals surface area (Å²) in [6.45, 7) is 3.94. The molecule has 4 N–H and O–H groups in total. The van der Waals surface area contributed by atoms with Crippen molar-refractivity contribution in [3.05, 3.63) is 23.7 Å². The van der Waals surface area contributed by atoms with Crippen LogP contribution in [0.4, 0.5) is 0 Å². The van der Waals surface area contributed by atoms with E-state index < -0.39 is 5.54 Å². The number of hydrogen-bond acceptors (Lipinski definition) is 4. The lowest BCUT2D eigenvalue weighted by Gasteiger charge is -2.39. The van der Waals surface area contributed by atoms with Crippen molar-refractivity contribution < 1.29 is 14.4 Å². The van der Waals surface area contributed by atoms with Crippen molar-refractivity contribution >= 4 is 11.7 Å². The third-order valence-corrected chi connectivity index (χ3v) is 4.48. The summed E-state index contributed by atoms with van der Waals surface area (Å²) in [7, 11) is 0. The number of rotatable bonds is 4. The largest absolute Gasteiger partial charge is 0.469 e. The van der Waals surface area contributed by atoms with Crippen LogP contribution in [0.25, 0.3) is 0 Å². The standard InChI is InChI=1S/C15H23N3O3/c1-3-11-4-6-15(7-5-11,14(16)18-20)17-13(19)12-8-10(2)21-9-12/h8-9,11,20H,3-7H2,1-2H3,(H2,16,18)(H,17,19). The van der Waals surface area contributed by atoms with Crippen LogP contribution in [0.3, 0.4) is 0 Å². The average Bonchev–Trinajstić information content (AvgIpc) is 2.93. The van der Waals surface area contributed by atoms with E-state index in [4.69, 9.17) is 15.4 Å². The zero-order valence-corrected chi connectivity index (χ0v) is 12.6. The highest BCUT2D eigenvalue weighted by Crippen LogP contribution is 2.34. The Bertz CT molecular complexity index is 528. The van der Waals surface area contributed by atoms with Crippen molar-refractivity contribution in [2.75, 3.05) is 0 Å². The number of amidine groups is 1. The molecule has 1 amide bonds. The molecular formula is C15H23N3O3. The minimum Gasteiger partial charge on any atom is -0.469 e. The molecule has 21 heavy (non-hydrogen) atoms. The molecule has 0 bridgehead atoms. The van der Waals surface area contributed by atoms with Gasteiger partial charge in [-0.15, -0.1) is 0 Å². The molecule has 0 aliphatic heterocycles. The predicted octanol–water partition coefficient (Wildman–Crippen LogP) is 2.40. The van der Waals surface area contributed by atoms with Gasteiger partial charge in [-0.2, -0.15) is 0 Å². The summed E-state index contributed by atoms with van der Waals surface area (Å²) in [6, 6.07) is 1.67. The molecule has 1 aromatic heterocycles. The monoisotopic (exact) mass is 293 g/mol. The van der Waals surface area contributed by atoms with Crippen LogP contribution < -0.4 is 11.1 Å². The van der Waals surface area contributed by atoms with Gasteiger partial charge in [0.2, 0.25) is 0 Å². The van der Waals surface area contributed by atoms with Crippen molar-refractivity contribution in [1.82, 2.24) is 5.32 Å². The number of hydrogen-bond donors (Lipinski definition) is 3. The van der Waals surface area contributed by atoms with Crippen LogP contribution in [-0.2, 0) is 0 Å². The van der Waals surface area contributed by atoms with E-state index in [2.05, 4.69) is 17.4 Å². The topological polar surface area (TPSA) is 101 Å². The first-order valence-electron chi connectivity index (χ1n) is 7.36. The molecule has 116 valence electrons. The van der Waals surface area contributed by atoms with Gasteiger partial charge in [0.05, 0.1) is 5.56 Å². The van der Waals surface area contributed by atoms with Crippen molar-refractivity contribution in [3.8, 4) is 0 Å². The molecule has 0 unspecified atom stereocenters. The fourth-order valence-corrected chi connectivity index (χ4v) is 2.97. The first-order chi connectivity index (χ1) is 10.0. The van der Waals surface area contributed by atoms with E-state index in [9.17, 15) is 4.79 Å². The summed E-state index contributed by atoms with van der Waals surface area (Å²) in [5.74, 6) is 1.13. The number of nitrogens with zero attached hydrogens (tertiary/aromatic N) is 1. The number of nitrogens with two attached hydrogens (primary N) is 1. The molecular weight excluding hydrogens is 270 g/mol. The number of amides is 1. The summed E-state index contributed by atoms with van der Waals surface area (Å²) >= 11 is 0. The highest BCUT2D eigenvalue weighted by Gasteiger charge is 2.40. The number of oxime groups is 1. The molecule has 1 heterocycles. The van der Waals surface area contributed by atoms with Crippen molar-refractivity contribution in [2.24, 2.45) is 16.8 Å². The quantitative estimate of drug-likeness (QED) is 0.343.